The van der Waals surface area contributed by atoms with Crippen LogP contribution in [0.4, 0.5) is 0 Å². The van der Waals surface area contributed by atoms with E-state index < -0.39 is 0 Å². The minimum Gasteiger partial charge on any atom is -0.493 e. The fourth-order valence-electron chi connectivity index (χ4n) is 2.14. The molecule has 18 heavy (non-hydrogen) atoms. The van der Waals surface area contributed by atoms with Crippen molar-refractivity contribution in [1.29, 1.82) is 0 Å². The van der Waals surface area contributed by atoms with Gasteiger partial charge in [-0.15, -0.1) is 12.4 Å². The molecule has 1 fully saturated rings. The Balaban J connectivity index is 0.00000162. The van der Waals surface area contributed by atoms with Crippen LogP contribution >= 0.6 is 12.4 Å². The van der Waals surface area contributed by atoms with Gasteiger partial charge in [0.2, 0.25) is 0 Å². The number of hydrogen-bond donors (Lipinski definition) is 1. The van der Waals surface area contributed by atoms with Gasteiger partial charge in [-0.05, 0) is 50.9 Å². The first-order valence-corrected chi connectivity index (χ1v) is 6.21. The average Bonchev–Trinajstić information content (AvgIpc) is 2.38. The third-order valence-electron chi connectivity index (χ3n) is 3.20. The number of halogens is 1. The molecule has 0 aromatic heterocycles. The summed E-state index contributed by atoms with van der Waals surface area (Å²) >= 11 is 0. The summed E-state index contributed by atoms with van der Waals surface area (Å²) in [4.78, 5) is 11.4. The van der Waals surface area contributed by atoms with Gasteiger partial charge >= 0.3 is 0 Å². The molecule has 100 valence electrons. The first kappa shape index (κ1) is 15.0. The molecule has 1 aromatic rings. The number of para-hydroxylation sites is 1. The Hall–Kier alpha value is -1.06. The van der Waals surface area contributed by atoms with Gasteiger partial charge in [0.15, 0.2) is 5.78 Å². The lowest BCUT2D eigenvalue weighted by atomic mass is 9.99. The topological polar surface area (TPSA) is 38.3 Å². The van der Waals surface area contributed by atoms with E-state index in [1.165, 1.54) is 0 Å². The Bertz CT molecular complexity index is 389. The maximum atomic E-state index is 11.4. The van der Waals surface area contributed by atoms with Gasteiger partial charge in [-0.25, -0.2) is 0 Å². The second-order valence-electron chi connectivity index (χ2n) is 4.56. The summed E-state index contributed by atoms with van der Waals surface area (Å²) in [6.07, 6.45) is 2.31. The first-order valence-electron chi connectivity index (χ1n) is 6.21. The maximum Gasteiger partial charge on any atom is 0.163 e. The van der Waals surface area contributed by atoms with Gasteiger partial charge in [-0.1, -0.05) is 12.1 Å². The quantitative estimate of drug-likeness (QED) is 0.854. The molecule has 0 unspecified atom stereocenters. The molecule has 4 heteroatoms. The highest BCUT2D eigenvalue weighted by atomic mass is 35.5. The van der Waals surface area contributed by atoms with Gasteiger partial charge in [0.05, 0.1) is 12.2 Å². The van der Waals surface area contributed by atoms with Crippen molar-refractivity contribution in [2.24, 2.45) is 5.92 Å². The third-order valence-corrected chi connectivity index (χ3v) is 3.20. The van der Waals surface area contributed by atoms with E-state index in [0.717, 1.165) is 31.7 Å². The smallest absolute Gasteiger partial charge is 0.163 e. The number of carbonyl (C=O) groups is 1. The maximum absolute atomic E-state index is 11.4. The molecule has 0 spiro atoms. The van der Waals surface area contributed by atoms with Crippen LogP contribution in [-0.4, -0.2) is 25.5 Å². The van der Waals surface area contributed by atoms with Crippen LogP contribution in [0.2, 0.25) is 0 Å². The number of ketones is 1. The van der Waals surface area contributed by atoms with Crippen molar-refractivity contribution in [3.63, 3.8) is 0 Å². The standard InChI is InChI=1S/C14H19NO2.ClH/c1-11(16)13-4-2-3-5-14(13)17-10-12-6-8-15-9-7-12;/h2-5,12,15H,6-10H2,1H3;1H. The van der Waals surface area contributed by atoms with Crippen molar-refractivity contribution < 1.29 is 9.53 Å². The fourth-order valence-corrected chi connectivity index (χ4v) is 2.14. The molecule has 3 nitrogen and oxygen atoms in total. The zero-order chi connectivity index (χ0) is 12.1. The molecule has 0 bridgehead atoms. The monoisotopic (exact) mass is 269 g/mol. The molecule has 1 N–H and O–H groups in total. The van der Waals surface area contributed by atoms with E-state index >= 15 is 0 Å². The summed E-state index contributed by atoms with van der Waals surface area (Å²) in [5, 5.41) is 3.33. The van der Waals surface area contributed by atoms with Gasteiger partial charge in [0.25, 0.3) is 0 Å². The molecule has 0 amide bonds. The summed E-state index contributed by atoms with van der Waals surface area (Å²) in [5.74, 6) is 1.39. The summed E-state index contributed by atoms with van der Waals surface area (Å²) in [5.41, 5.74) is 0.682. The van der Waals surface area contributed by atoms with Crippen molar-refractivity contribution in [3.8, 4) is 5.75 Å². The Morgan fingerprint density at radius 1 is 1.33 bits per heavy atom. The van der Waals surface area contributed by atoms with Crippen molar-refractivity contribution in [1.82, 2.24) is 5.32 Å². The van der Waals surface area contributed by atoms with E-state index in [4.69, 9.17) is 4.74 Å². The van der Waals surface area contributed by atoms with Gasteiger partial charge in [-0.3, -0.25) is 4.79 Å². The summed E-state index contributed by atoms with van der Waals surface area (Å²) in [7, 11) is 0. The van der Waals surface area contributed by atoms with E-state index in [2.05, 4.69) is 5.32 Å². The number of Topliss-reactive ketones (excluding diaryl/α,β-unsaturated/α-hetero) is 1. The van der Waals surface area contributed by atoms with Crippen LogP contribution in [0, 0.1) is 5.92 Å². The van der Waals surface area contributed by atoms with Crippen molar-refractivity contribution in [2.75, 3.05) is 19.7 Å². The summed E-state index contributed by atoms with van der Waals surface area (Å²) in [6.45, 7) is 4.43. The molecule has 1 aliphatic rings. The highest BCUT2D eigenvalue weighted by Crippen LogP contribution is 2.20. The number of carbonyl (C=O) groups excluding carboxylic acids is 1. The molecule has 2 rings (SSSR count). The third kappa shape index (κ3) is 4.00. The first-order chi connectivity index (χ1) is 8.27. The molecule has 0 radical (unpaired) electrons. The Kier molecular flexibility index (Phi) is 6.16. The molecule has 0 atom stereocenters. The van der Waals surface area contributed by atoms with Crippen LogP contribution in [0.25, 0.3) is 0 Å². The molecule has 1 heterocycles. The predicted molar refractivity (Wildman–Crippen MR) is 74.8 cm³/mol. The number of piperidine rings is 1. The second-order valence-corrected chi connectivity index (χ2v) is 4.56. The SMILES string of the molecule is CC(=O)c1ccccc1OCC1CCNCC1.Cl. The minimum absolute atomic E-state index is 0. The highest BCUT2D eigenvalue weighted by molar-refractivity contribution is 5.96. The number of benzene rings is 1. The Morgan fingerprint density at radius 2 is 2.00 bits per heavy atom. The van der Waals surface area contributed by atoms with Crippen LogP contribution in [0.1, 0.15) is 30.1 Å². The van der Waals surface area contributed by atoms with Crippen molar-refractivity contribution in [2.45, 2.75) is 19.8 Å². The number of ether oxygens (including phenoxy) is 1. The Labute approximate surface area is 114 Å². The highest BCUT2D eigenvalue weighted by Gasteiger charge is 2.15. The van der Waals surface area contributed by atoms with E-state index in [-0.39, 0.29) is 18.2 Å². The number of hydrogen-bond acceptors (Lipinski definition) is 3. The molecular formula is C14H20ClNO2. The van der Waals surface area contributed by atoms with E-state index in [1.807, 2.05) is 24.3 Å². The van der Waals surface area contributed by atoms with E-state index in [9.17, 15) is 4.79 Å². The second kappa shape index (κ2) is 7.39. The van der Waals surface area contributed by atoms with Crippen LogP contribution in [0.3, 0.4) is 0 Å². The van der Waals surface area contributed by atoms with Gasteiger partial charge in [0.1, 0.15) is 5.75 Å². The lowest BCUT2D eigenvalue weighted by Crippen LogP contribution is -2.30. The average molecular weight is 270 g/mol. The lowest BCUT2D eigenvalue weighted by Gasteiger charge is -2.23. The summed E-state index contributed by atoms with van der Waals surface area (Å²) < 4.78 is 5.79. The van der Waals surface area contributed by atoms with Crippen LogP contribution in [0.15, 0.2) is 24.3 Å². The number of nitrogens with one attached hydrogen (secondary N) is 1. The lowest BCUT2D eigenvalue weighted by molar-refractivity contribution is 0.101. The Morgan fingerprint density at radius 3 is 2.67 bits per heavy atom. The zero-order valence-corrected chi connectivity index (χ0v) is 11.5. The van der Waals surface area contributed by atoms with Crippen LogP contribution in [-0.2, 0) is 0 Å². The molecule has 1 saturated heterocycles. The summed E-state index contributed by atoms with van der Waals surface area (Å²) in [6, 6.07) is 7.47. The molecule has 1 aliphatic heterocycles. The molecule has 1 aromatic carbocycles. The van der Waals surface area contributed by atoms with Crippen molar-refractivity contribution >= 4 is 18.2 Å². The molecular weight excluding hydrogens is 250 g/mol. The van der Waals surface area contributed by atoms with Crippen LogP contribution < -0.4 is 10.1 Å². The van der Waals surface area contributed by atoms with Gasteiger partial charge < -0.3 is 10.1 Å². The molecule has 0 saturated carbocycles. The van der Waals surface area contributed by atoms with Crippen LogP contribution in [0.5, 0.6) is 5.75 Å². The van der Waals surface area contributed by atoms with Gasteiger partial charge in [-0.2, -0.15) is 0 Å². The number of rotatable bonds is 4. The van der Waals surface area contributed by atoms with Gasteiger partial charge in [0, 0.05) is 0 Å². The minimum atomic E-state index is 0. The zero-order valence-electron chi connectivity index (χ0n) is 10.6. The fraction of sp³-hybridized carbons (Fsp3) is 0.500. The molecule has 0 aliphatic carbocycles. The van der Waals surface area contributed by atoms with E-state index in [0.29, 0.717) is 18.1 Å². The largest absolute Gasteiger partial charge is 0.493 e. The predicted octanol–water partition coefficient (Wildman–Crippen LogP) is 2.69. The van der Waals surface area contributed by atoms with Crippen molar-refractivity contribution in [3.05, 3.63) is 29.8 Å². The van der Waals surface area contributed by atoms with E-state index in [1.54, 1.807) is 6.92 Å². The normalized spacial score (nSPS) is 15.8.